The largest absolute Gasteiger partial charge is 0.378 e. The number of halogens is 1. The number of morpholine rings is 1. The van der Waals surface area contributed by atoms with E-state index in [1.807, 2.05) is 11.0 Å². The van der Waals surface area contributed by atoms with Crippen molar-refractivity contribution in [1.29, 1.82) is 0 Å². The maximum Gasteiger partial charge on any atom is 0.253 e. The first-order valence-corrected chi connectivity index (χ1v) is 12.3. The van der Waals surface area contributed by atoms with Gasteiger partial charge in [0.05, 0.1) is 13.2 Å². The van der Waals surface area contributed by atoms with Crippen LogP contribution in [0.15, 0.2) is 36.7 Å². The van der Waals surface area contributed by atoms with Crippen LogP contribution in [0.25, 0.3) is 0 Å². The number of amides is 2. The summed E-state index contributed by atoms with van der Waals surface area (Å²) in [6.45, 7) is 6.67. The molecule has 9 nitrogen and oxygen atoms in total. The molecule has 0 radical (unpaired) electrons. The predicted octanol–water partition coefficient (Wildman–Crippen LogP) is 1.65. The predicted molar refractivity (Wildman–Crippen MR) is 129 cm³/mol. The maximum absolute atomic E-state index is 13.2. The Labute approximate surface area is 204 Å². The van der Waals surface area contributed by atoms with Crippen molar-refractivity contribution < 1.29 is 18.7 Å². The first kappa shape index (κ1) is 23.5. The summed E-state index contributed by atoms with van der Waals surface area (Å²) in [6, 6.07) is 7.63. The van der Waals surface area contributed by atoms with Crippen molar-refractivity contribution in [1.82, 2.24) is 19.8 Å². The van der Waals surface area contributed by atoms with Gasteiger partial charge in [0.1, 0.15) is 23.8 Å². The number of hydrogen-bond donors (Lipinski definition) is 0. The van der Waals surface area contributed by atoms with Crippen LogP contribution >= 0.6 is 0 Å². The third kappa shape index (κ3) is 5.37. The third-order valence-electron chi connectivity index (χ3n) is 7.11. The van der Waals surface area contributed by atoms with Gasteiger partial charge in [-0.25, -0.2) is 14.4 Å². The molecule has 1 aromatic carbocycles. The van der Waals surface area contributed by atoms with Crippen LogP contribution in [0, 0.1) is 11.7 Å². The van der Waals surface area contributed by atoms with Crippen molar-refractivity contribution >= 4 is 23.5 Å². The Morgan fingerprint density at radius 2 is 1.37 bits per heavy atom. The van der Waals surface area contributed by atoms with Gasteiger partial charge in [0.15, 0.2) is 0 Å². The number of rotatable bonds is 4. The molecule has 2 amide bonds. The summed E-state index contributed by atoms with van der Waals surface area (Å²) in [7, 11) is 0. The lowest BCUT2D eigenvalue weighted by Crippen LogP contribution is -2.53. The van der Waals surface area contributed by atoms with Crippen molar-refractivity contribution in [3.05, 3.63) is 48.0 Å². The summed E-state index contributed by atoms with van der Waals surface area (Å²) >= 11 is 0. The number of piperazine rings is 1. The fraction of sp³-hybridized carbons (Fsp3) is 0.520. The lowest BCUT2D eigenvalue weighted by molar-refractivity contribution is -0.137. The molecule has 3 aliphatic rings. The van der Waals surface area contributed by atoms with Crippen molar-refractivity contribution in [2.24, 2.45) is 5.92 Å². The Bertz CT molecular complexity index is 1030. The number of carbonyl (C=O) groups excluding carboxylic acids is 2. The molecular weight excluding hydrogens is 451 g/mol. The molecular formula is C25H31FN6O3. The van der Waals surface area contributed by atoms with Gasteiger partial charge in [0.25, 0.3) is 5.91 Å². The molecule has 0 saturated carbocycles. The summed E-state index contributed by atoms with van der Waals surface area (Å²) < 4.78 is 18.6. The molecule has 5 rings (SSSR count). The highest BCUT2D eigenvalue weighted by Gasteiger charge is 2.32. The van der Waals surface area contributed by atoms with Crippen LogP contribution in [0.3, 0.4) is 0 Å². The van der Waals surface area contributed by atoms with Crippen LogP contribution in [-0.4, -0.2) is 97.2 Å². The molecule has 0 atom stereocenters. The van der Waals surface area contributed by atoms with Crippen LogP contribution in [-0.2, 0) is 9.53 Å². The number of nitrogens with zero attached hydrogens (tertiary/aromatic N) is 6. The van der Waals surface area contributed by atoms with E-state index in [4.69, 9.17) is 4.74 Å². The van der Waals surface area contributed by atoms with Gasteiger partial charge in [0, 0.05) is 69.9 Å². The van der Waals surface area contributed by atoms with E-state index >= 15 is 0 Å². The monoisotopic (exact) mass is 482 g/mol. The Hall–Kier alpha value is -3.27. The van der Waals surface area contributed by atoms with Crippen LogP contribution in [0.1, 0.15) is 23.2 Å². The third-order valence-corrected chi connectivity index (χ3v) is 7.11. The zero-order chi connectivity index (χ0) is 24.2. The smallest absolute Gasteiger partial charge is 0.253 e. The molecule has 35 heavy (non-hydrogen) atoms. The molecule has 10 heteroatoms. The Morgan fingerprint density at radius 1 is 0.800 bits per heavy atom. The lowest BCUT2D eigenvalue weighted by atomic mass is 9.95. The van der Waals surface area contributed by atoms with E-state index in [2.05, 4.69) is 19.8 Å². The summed E-state index contributed by atoms with van der Waals surface area (Å²) in [5.41, 5.74) is 0.472. The van der Waals surface area contributed by atoms with E-state index in [9.17, 15) is 14.0 Å². The lowest BCUT2D eigenvalue weighted by Gasteiger charge is -2.39. The second-order valence-corrected chi connectivity index (χ2v) is 9.22. The second kappa shape index (κ2) is 10.6. The van der Waals surface area contributed by atoms with Gasteiger partial charge in [-0.05, 0) is 37.1 Å². The van der Waals surface area contributed by atoms with E-state index < -0.39 is 0 Å². The first-order chi connectivity index (χ1) is 17.1. The normalized spacial score (nSPS) is 19.7. The minimum Gasteiger partial charge on any atom is -0.378 e. The highest BCUT2D eigenvalue weighted by Crippen LogP contribution is 2.26. The van der Waals surface area contributed by atoms with E-state index in [1.54, 1.807) is 11.2 Å². The standard InChI is InChI=1S/C25H31FN6O3/c26-21-3-1-19(2-4-21)24(33)31-9-11-32(12-10-31)25(34)20-5-7-29(8-6-20)22-17-23(28-18-27-22)30-13-15-35-16-14-30/h1-4,17-18,20H,5-16H2. The van der Waals surface area contributed by atoms with Crippen molar-refractivity contribution in [3.63, 3.8) is 0 Å². The number of ether oxygens (including phenoxy) is 1. The van der Waals surface area contributed by atoms with Crippen LogP contribution in [0.2, 0.25) is 0 Å². The molecule has 3 saturated heterocycles. The summed E-state index contributed by atoms with van der Waals surface area (Å²) in [6.07, 6.45) is 3.18. The molecule has 0 bridgehead atoms. The Morgan fingerprint density at radius 3 is 2.00 bits per heavy atom. The van der Waals surface area contributed by atoms with Crippen molar-refractivity contribution in [3.8, 4) is 0 Å². The van der Waals surface area contributed by atoms with Crippen molar-refractivity contribution in [2.75, 3.05) is 75.4 Å². The minimum absolute atomic E-state index is 0.00819. The molecule has 0 N–H and O–H groups in total. The highest BCUT2D eigenvalue weighted by molar-refractivity contribution is 5.94. The number of benzene rings is 1. The molecule has 1 aromatic heterocycles. The van der Waals surface area contributed by atoms with Gasteiger partial charge < -0.3 is 24.3 Å². The zero-order valence-electron chi connectivity index (χ0n) is 19.8. The summed E-state index contributed by atoms with van der Waals surface area (Å²) in [4.78, 5) is 42.8. The van der Waals surface area contributed by atoms with Crippen LogP contribution in [0.4, 0.5) is 16.0 Å². The maximum atomic E-state index is 13.2. The highest BCUT2D eigenvalue weighted by atomic mass is 19.1. The zero-order valence-corrected chi connectivity index (χ0v) is 19.8. The number of aromatic nitrogens is 2. The average Bonchev–Trinajstić information content (AvgIpc) is 2.93. The van der Waals surface area contributed by atoms with Crippen LogP contribution in [0.5, 0.6) is 0 Å². The molecule has 2 aromatic rings. The topological polar surface area (TPSA) is 82.1 Å². The number of piperidine rings is 1. The molecule has 3 aliphatic heterocycles. The van der Waals surface area contributed by atoms with Gasteiger partial charge in [-0.15, -0.1) is 0 Å². The SMILES string of the molecule is O=C(c1ccc(F)cc1)N1CCN(C(=O)C2CCN(c3cc(N4CCOCC4)ncn3)CC2)CC1. The molecule has 3 fully saturated rings. The summed E-state index contributed by atoms with van der Waals surface area (Å²) in [5.74, 6) is 1.51. The number of anilines is 2. The van der Waals surface area contributed by atoms with E-state index in [-0.39, 0.29) is 23.5 Å². The van der Waals surface area contributed by atoms with Gasteiger partial charge in [-0.1, -0.05) is 0 Å². The fourth-order valence-electron chi connectivity index (χ4n) is 4.99. The Balaban J connectivity index is 1.11. The van der Waals surface area contributed by atoms with Gasteiger partial charge in [-0.3, -0.25) is 9.59 Å². The molecule has 0 unspecified atom stereocenters. The number of carbonyl (C=O) groups is 2. The quantitative estimate of drug-likeness (QED) is 0.656. The molecule has 0 aliphatic carbocycles. The van der Waals surface area contributed by atoms with Gasteiger partial charge in [-0.2, -0.15) is 0 Å². The van der Waals surface area contributed by atoms with Crippen molar-refractivity contribution in [2.45, 2.75) is 12.8 Å². The first-order valence-electron chi connectivity index (χ1n) is 12.3. The Kier molecular flexibility index (Phi) is 7.08. The fourth-order valence-corrected chi connectivity index (χ4v) is 4.99. The van der Waals surface area contributed by atoms with Gasteiger partial charge in [0.2, 0.25) is 5.91 Å². The molecule has 4 heterocycles. The van der Waals surface area contributed by atoms with Gasteiger partial charge >= 0.3 is 0 Å². The summed E-state index contributed by atoms with van der Waals surface area (Å²) in [5, 5.41) is 0. The van der Waals surface area contributed by atoms with E-state index in [0.29, 0.717) is 45.0 Å². The molecule has 186 valence electrons. The second-order valence-electron chi connectivity index (χ2n) is 9.22. The molecule has 0 spiro atoms. The number of hydrogen-bond acceptors (Lipinski definition) is 7. The average molecular weight is 483 g/mol. The van der Waals surface area contributed by atoms with Crippen LogP contribution < -0.4 is 9.80 Å². The van der Waals surface area contributed by atoms with E-state index in [1.165, 1.54) is 24.3 Å². The van der Waals surface area contributed by atoms with E-state index in [0.717, 1.165) is 50.7 Å². The minimum atomic E-state index is -0.361.